The minimum Gasteiger partial charge on any atom is -0.350 e. The molecule has 3 aromatic rings. The normalized spacial score (nSPS) is 10.5. The van der Waals surface area contributed by atoms with E-state index in [4.69, 9.17) is 23.2 Å². The van der Waals surface area contributed by atoms with Crippen LogP contribution in [0.15, 0.2) is 60.8 Å². The summed E-state index contributed by atoms with van der Waals surface area (Å²) >= 11 is 12.1. The van der Waals surface area contributed by atoms with E-state index in [2.05, 4.69) is 15.3 Å². The molecule has 0 radical (unpaired) electrons. The second-order valence-electron chi connectivity index (χ2n) is 4.72. The number of benzene rings is 2. The van der Waals surface area contributed by atoms with Crippen molar-refractivity contribution in [2.45, 2.75) is 6.54 Å². The second-order valence-corrected chi connectivity index (χ2v) is 5.56. The maximum atomic E-state index is 6.16. The predicted octanol–water partition coefficient (Wildman–Crippen LogP) is 5.06. The molecule has 1 aromatic heterocycles. The molecule has 5 heteroatoms. The summed E-state index contributed by atoms with van der Waals surface area (Å²) in [6, 6.07) is 17.3. The van der Waals surface area contributed by atoms with Crippen molar-refractivity contribution >= 4 is 29.2 Å². The quantitative estimate of drug-likeness (QED) is 0.726. The zero-order chi connectivity index (χ0) is 15.4. The number of nitrogens with zero attached hydrogens (tertiary/aromatic N) is 2. The van der Waals surface area contributed by atoms with Gasteiger partial charge in [-0.3, -0.25) is 0 Å². The summed E-state index contributed by atoms with van der Waals surface area (Å²) in [5.41, 5.74) is 2.87. The summed E-state index contributed by atoms with van der Waals surface area (Å²) in [6.45, 7) is 0.536. The van der Waals surface area contributed by atoms with E-state index in [9.17, 15) is 0 Å². The fourth-order valence-corrected chi connectivity index (χ4v) is 2.53. The molecule has 0 saturated carbocycles. The van der Waals surface area contributed by atoms with E-state index in [0.29, 0.717) is 22.5 Å². The molecule has 22 heavy (non-hydrogen) atoms. The Balaban J connectivity index is 1.76. The SMILES string of the molecule is Clc1ccc(CNc2nccc(-c3ccccc3)n2)c(Cl)c1. The van der Waals surface area contributed by atoms with Crippen molar-refractivity contribution in [1.82, 2.24) is 9.97 Å². The van der Waals surface area contributed by atoms with Crippen molar-refractivity contribution in [3.63, 3.8) is 0 Å². The number of rotatable bonds is 4. The smallest absolute Gasteiger partial charge is 0.223 e. The van der Waals surface area contributed by atoms with Gasteiger partial charge in [0.2, 0.25) is 5.95 Å². The summed E-state index contributed by atoms with van der Waals surface area (Å²) < 4.78 is 0. The van der Waals surface area contributed by atoms with Crippen molar-refractivity contribution in [1.29, 1.82) is 0 Å². The summed E-state index contributed by atoms with van der Waals surface area (Å²) in [7, 11) is 0. The third-order valence-corrected chi connectivity index (χ3v) is 3.76. The van der Waals surface area contributed by atoms with Gasteiger partial charge < -0.3 is 5.32 Å². The van der Waals surface area contributed by atoms with Crippen LogP contribution in [-0.4, -0.2) is 9.97 Å². The number of anilines is 1. The van der Waals surface area contributed by atoms with Crippen LogP contribution in [0.25, 0.3) is 11.3 Å². The fraction of sp³-hybridized carbons (Fsp3) is 0.0588. The topological polar surface area (TPSA) is 37.8 Å². The van der Waals surface area contributed by atoms with Gasteiger partial charge in [0.1, 0.15) is 0 Å². The summed E-state index contributed by atoms with van der Waals surface area (Å²) in [4.78, 5) is 8.75. The molecule has 1 heterocycles. The molecule has 3 rings (SSSR count). The van der Waals surface area contributed by atoms with Gasteiger partial charge in [-0.25, -0.2) is 9.97 Å². The lowest BCUT2D eigenvalue weighted by Gasteiger charge is -2.08. The molecule has 1 N–H and O–H groups in total. The van der Waals surface area contributed by atoms with Gasteiger partial charge in [-0.15, -0.1) is 0 Å². The van der Waals surface area contributed by atoms with Gasteiger partial charge in [-0.2, -0.15) is 0 Å². The molecular weight excluding hydrogens is 317 g/mol. The summed E-state index contributed by atoms with van der Waals surface area (Å²) in [5, 5.41) is 4.43. The molecule has 3 nitrogen and oxygen atoms in total. The Morgan fingerprint density at radius 1 is 0.955 bits per heavy atom. The van der Waals surface area contributed by atoms with E-state index in [0.717, 1.165) is 16.8 Å². The molecule has 0 atom stereocenters. The fourth-order valence-electron chi connectivity index (χ4n) is 2.05. The molecule has 0 aliphatic heterocycles. The van der Waals surface area contributed by atoms with Crippen LogP contribution in [0.1, 0.15) is 5.56 Å². The standard InChI is InChI=1S/C17H13Cl2N3/c18-14-7-6-13(15(19)10-14)11-21-17-20-9-8-16(22-17)12-4-2-1-3-5-12/h1-10H,11H2,(H,20,21,22). The van der Waals surface area contributed by atoms with Crippen molar-refractivity contribution in [2.24, 2.45) is 0 Å². The van der Waals surface area contributed by atoms with Crippen LogP contribution in [0.2, 0.25) is 10.0 Å². The molecule has 110 valence electrons. The van der Waals surface area contributed by atoms with Crippen LogP contribution < -0.4 is 5.32 Å². The Morgan fingerprint density at radius 3 is 2.55 bits per heavy atom. The highest BCUT2D eigenvalue weighted by Crippen LogP contribution is 2.22. The van der Waals surface area contributed by atoms with Crippen LogP contribution >= 0.6 is 23.2 Å². The number of aromatic nitrogens is 2. The van der Waals surface area contributed by atoms with E-state index in [1.165, 1.54) is 0 Å². The van der Waals surface area contributed by atoms with E-state index in [-0.39, 0.29) is 0 Å². The Morgan fingerprint density at radius 2 is 1.77 bits per heavy atom. The third-order valence-electron chi connectivity index (χ3n) is 3.18. The largest absolute Gasteiger partial charge is 0.350 e. The van der Waals surface area contributed by atoms with Crippen LogP contribution in [0, 0.1) is 0 Å². The Labute approximate surface area is 139 Å². The van der Waals surface area contributed by atoms with Gasteiger partial charge in [-0.05, 0) is 23.8 Å². The van der Waals surface area contributed by atoms with Crippen molar-refractivity contribution < 1.29 is 0 Å². The predicted molar refractivity (Wildman–Crippen MR) is 91.3 cm³/mol. The van der Waals surface area contributed by atoms with Gasteiger partial charge >= 0.3 is 0 Å². The van der Waals surface area contributed by atoms with E-state index in [1.807, 2.05) is 48.5 Å². The van der Waals surface area contributed by atoms with E-state index >= 15 is 0 Å². The highest BCUT2D eigenvalue weighted by atomic mass is 35.5. The first-order chi connectivity index (χ1) is 10.7. The number of hydrogen-bond acceptors (Lipinski definition) is 3. The van der Waals surface area contributed by atoms with Gasteiger partial charge in [0.05, 0.1) is 5.69 Å². The highest BCUT2D eigenvalue weighted by Gasteiger charge is 2.04. The lowest BCUT2D eigenvalue weighted by molar-refractivity contribution is 1.06. The van der Waals surface area contributed by atoms with Crippen molar-refractivity contribution in [2.75, 3.05) is 5.32 Å². The lowest BCUT2D eigenvalue weighted by Crippen LogP contribution is -2.04. The molecule has 2 aromatic carbocycles. The molecule has 0 fully saturated rings. The number of halogens is 2. The highest BCUT2D eigenvalue weighted by molar-refractivity contribution is 6.35. The zero-order valence-electron chi connectivity index (χ0n) is 11.6. The molecule has 0 unspecified atom stereocenters. The van der Waals surface area contributed by atoms with Gasteiger partial charge in [0.25, 0.3) is 0 Å². The zero-order valence-corrected chi connectivity index (χ0v) is 13.1. The first-order valence-electron chi connectivity index (χ1n) is 6.78. The number of nitrogens with one attached hydrogen (secondary N) is 1. The van der Waals surface area contributed by atoms with Gasteiger partial charge in [-0.1, -0.05) is 59.6 Å². The second kappa shape index (κ2) is 6.77. The lowest BCUT2D eigenvalue weighted by atomic mass is 10.1. The van der Waals surface area contributed by atoms with Crippen molar-refractivity contribution in [3.05, 3.63) is 76.4 Å². The average Bonchev–Trinajstić information content (AvgIpc) is 2.55. The van der Waals surface area contributed by atoms with Crippen molar-refractivity contribution in [3.8, 4) is 11.3 Å². The third kappa shape index (κ3) is 3.56. The van der Waals surface area contributed by atoms with E-state index < -0.39 is 0 Å². The van der Waals surface area contributed by atoms with Gasteiger partial charge in [0, 0.05) is 28.4 Å². The molecule has 0 aliphatic rings. The molecule has 0 bridgehead atoms. The number of hydrogen-bond donors (Lipinski definition) is 1. The van der Waals surface area contributed by atoms with E-state index in [1.54, 1.807) is 12.3 Å². The summed E-state index contributed by atoms with van der Waals surface area (Å²) in [5.74, 6) is 0.562. The Hall–Kier alpha value is -2.10. The van der Waals surface area contributed by atoms with Crippen LogP contribution in [0.4, 0.5) is 5.95 Å². The molecule has 0 amide bonds. The molecule has 0 saturated heterocycles. The first kappa shape index (κ1) is 14.8. The van der Waals surface area contributed by atoms with Crippen LogP contribution in [0.3, 0.4) is 0 Å². The minimum absolute atomic E-state index is 0.536. The minimum atomic E-state index is 0.536. The molecule has 0 aliphatic carbocycles. The first-order valence-corrected chi connectivity index (χ1v) is 7.54. The molecular formula is C17H13Cl2N3. The maximum absolute atomic E-state index is 6.16. The van der Waals surface area contributed by atoms with Crippen LogP contribution in [0.5, 0.6) is 0 Å². The average molecular weight is 330 g/mol. The summed E-state index contributed by atoms with van der Waals surface area (Å²) in [6.07, 6.45) is 1.74. The maximum Gasteiger partial charge on any atom is 0.223 e. The molecule has 0 spiro atoms. The Kier molecular flexibility index (Phi) is 4.56. The van der Waals surface area contributed by atoms with Gasteiger partial charge in [0.15, 0.2) is 0 Å². The Bertz CT molecular complexity index is 776. The van der Waals surface area contributed by atoms with Crippen LogP contribution in [-0.2, 0) is 6.54 Å². The monoisotopic (exact) mass is 329 g/mol.